The summed E-state index contributed by atoms with van der Waals surface area (Å²) in [7, 11) is 0. The lowest BCUT2D eigenvalue weighted by molar-refractivity contribution is 0.0482. The molecule has 4 nitrogen and oxygen atoms in total. The molecule has 0 unspecified atom stereocenters. The summed E-state index contributed by atoms with van der Waals surface area (Å²) < 4.78 is 48.4. The highest BCUT2D eigenvalue weighted by Gasteiger charge is 2.06. The summed E-state index contributed by atoms with van der Waals surface area (Å²) in [5.74, 6) is -0.629. The second kappa shape index (κ2) is 10.5. The summed E-state index contributed by atoms with van der Waals surface area (Å²) in [5.41, 5.74) is 1.20. The number of nitrogens with zero attached hydrogens (tertiary/aromatic N) is 1. The van der Waals surface area contributed by atoms with E-state index in [1.165, 1.54) is 0 Å². The smallest absolute Gasteiger partial charge is 0.338 e. The van der Waals surface area contributed by atoms with Crippen LogP contribution in [0.3, 0.4) is 0 Å². The van der Waals surface area contributed by atoms with Crippen molar-refractivity contribution in [3.8, 4) is 0 Å². The van der Waals surface area contributed by atoms with E-state index in [2.05, 4.69) is 12.2 Å². The summed E-state index contributed by atoms with van der Waals surface area (Å²) in [6.07, 6.45) is 2.13. The van der Waals surface area contributed by atoms with Gasteiger partial charge in [0.15, 0.2) is 0 Å². The average molecular weight is 307 g/mol. The van der Waals surface area contributed by atoms with Crippen LogP contribution in [0.5, 0.6) is 0 Å². The molecule has 0 amide bonds. The highest BCUT2D eigenvalue weighted by Crippen LogP contribution is 2.10. The molecular weight excluding hydrogens is 276 g/mol. The molecule has 1 N–H and O–H groups in total. The minimum absolute atomic E-state index is 0. The zero-order valence-corrected chi connectivity index (χ0v) is 12.3. The Hall–Kier alpha value is -1.26. The van der Waals surface area contributed by atoms with Crippen molar-refractivity contribution in [3.05, 3.63) is 29.8 Å². The van der Waals surface area contributed by atoms with Gasteiger partial charge in [0.1, 0.15) is 6.61 Å². The predicted octanol–water partition coefficient (Wildman–Crippen LogP) is 3.04. The van der Waals surface area contributed by atoms with Crippen LogP contribution in [0.4, 0.5) is 5.69 Å². The number of benzene rings is 1. The molecule has 0 spiro atoms. The molecule has 0 fully saturated rings. The van der Waals surface area contributed by atoms with Crippen LogP contribution >= 0.6 is 12.4 Å². The number of anilines is 1. The molecule has 0 atom stereocenters. The zero-order chi connectivity index (χ0) is 19.1. The van der Waals surface area contributed by atoms with E-state index >= 15 is 0 Å². The number of ether oxygens (including phenoxy) is 1. The van der Waals surface area contributed by atoms with E-state index in [0.717, 1.165) is 25.1 Å². The van der Waals surface area contributed by atoms with Crippen LogP contribution in [0.1, 0.15) is 38.3 Å². The van der Waals surface area contributed by atoms with Crippen molar-refractivity contribution in [3.63, 3.8) is 0 Å². The standard InChI is InChI=1S/C15H24N2O2.ClH/c1-4-5-10-16-14-8-6-13(7-9-14)15(18)19-12-11-17(2)3;/h6-9,16H,4-5,10-12H2,1-3H3;1H/i2D3,3D3;. The van der Waals surface area contributed by atoms with Gasteiger partial charge in [0.25, 0.3) is 0 Å². The first-order chi connectivity index (χ1) is 11.6. The molecule has 0 saturated carbocycles. The third-order valence-electron chi connectivity index (χ3n) is 2.53. The minimum atomic E-state index is -2.79. The average Bonchev–Trinajstić information content (AvgIpc) is 2.49. The normalized spacial score (nSPS) is 15.7. The van der Waals surface area contributed by atoms with E-state index in [1.54, 1.807) is 24.3 Å². The second-order valence-corrected chi connectivity index (χ2v) is 4.15. The lowest BCUT2D eigenvalue weighted by Crippen LogP contribution is -2.20. The zero-order valence-electron chi connectivity index (χ0n) is 17.5. The van der Waals surface area contributed by atoms with Crippen LogP contribution in [0.25, 0.3) is 0 Å². The topological polar surface area (TPSA) is 41.6 Å². The summed E-state index contributed by atoms with van der Waals surface area (Å²) in [6.45, 7) is -3.37. The fraction of sp³-hybridized carbons (Fsp3) is 0.533. The van der Waals surface area contributed by atoms with Crippen molar-refractivity contribution < 1.29 is 17.8 Å². The van der Waals surface area contributed by atoms with Crippen molar-refractivity contribution in [1.82, 2.24) is 4.90 Å². The Kier molecular flexibility index (Phi) is 5.50. The van der Waals surface area contributed by atoms with Crippen molar-refractivity contribution in [2.75, 3.05) is 39.0 Å². The van der Waals surface area contributed by atoms with Crippen molar-refractivity contribution in [2.24, 2.45) is 0 Å². The fourth-order valence-corrected chi connectivity index (χ4v) is 1.45. The van der Waals surface area contributed by atoms with Gasteiger partial charge < -0.3 is 15.0 Å². The number of esters is 1. The SMILES string of the molecule is Cl.[2H]C([2H])([2H])N(CCOC(=O)c1ccc(NCCCC)cc1)C([2H])([2H])[2H]. The number of rotatable bonds is 8. The Bertz CT molecular complexity index is 535. The quantitative estimate of drug-likeness (QED) is 0.592. The molecule has 0 aliphatic carbocycles. The number of nitrogens with one attached hydrogen (secondary N) is 1. The Labute approximate surface area is 136 Å². The molecule has 0 bridgehead atoms. The van der Waals surface area contributed by atoms with Crippen LogP contribution in [-0.4, -0.2) is 44.5 Å². The number of halogens is 1. The molecule has 5 heteroatoms. The van der Waals surface area contributed by atoms with Crippen LogP contribution in [0.2, 0.25) is 0 Å². The van der Waals surface area contributed by atoms with E-state index in [9.17, 15) is 4.79 Å². The number of carbonyl (C=O) groups is 1. The molecule has 20 heavy (non-hydrogen) atoms. The predicted molar refractivity (Wildman–Crippen MR) is 85.9 cm³/mol. The summed E-state index contributed by atoms with van der Waals surface area (Å²) in [5, 5.41) is 3.22. The van der Waals surface area contributed by atoms with E-state index in [-0.39, 0.29) is 19.0 Å². The number of hydrogen-bond acceptors (Lipinski definition) is 4. The second-order valence-electron chi connectivity index (χ2n) is 4.15. The Morgan fingerprint density at radius 3 is 2.65 bits per heavy atom. The third-order valence-corrected chi connectivity index (χ3v) is 2.53. The van der Waals surface area contributed by atoms with Gasteiger partial charge in [-0.1, -0.05) is 13.3 Å². The molecule has 0 heterocycles. The molecular formula is C15H25ClN2O2. The van der Waals surface area contributed by atoms with Gasteiger partial charge in [-0.2, -0.15) is 0 Å². The summed E-state index contributed by atoms with van der Waals surface area (Å²) in [6, 6.07) is 6.71. The third kappa shape index (κ3) is 7.36. The van der Waals surface area contributed by atoms with E-state index in [1.807, 2.05) is 0 Å². The van der Waals surface area contributed by atoms with Gasteiger partial charge in [0.05, 0.1) is 5.56 Å². The molecule has 0 aliphatic rings. The number of likely N-dealkylation sites (N-methyl/N-ethyl adjacent to an activating group) is 1. The van der Waals surface area contributed by atoms with Gasteiger partial charge in [0, 0.05) is 27.0 Å². The van der Waals surface area contributed by atoms with E-state index < -0.39 is 26.5 Å². The molecule has 0 aliphatic heterocycles. The van der Waals surface area contributed by atoms with Crippen LogP contribution < -0.4 is 5.32 Å². The minimum Gasteiger partial charge on any atom is -0.461 e. The van der Waals surface area contributed by atoms with Gasteiger partial charge in [-0.25, -0.2) is 4.79 Å². The number of hydrogen-bond donors (Lipinski definition) is 1. The van der Waals surface area contributed by atoms with Crippen molar-refractivity contribution in [1.29, 1.82) is 0 Å². The first-order valence-electron chi connectivity index (χ1n) is 9.34. The highest BCUT2D eigenvalue weighted by atomic mass is 35.5. The molecule has 0 saturated heterocycles. The van der Waals surface area contributed by atoms with Gasteiger partial charge in [-0.15, -0.1) is 12.4 Å². The number of unbranched alkanes of at least 4 members (excludes halogenated alkanes) is 1. The van der Waals surface area contributed by atoms with Gasteiger partial charge in [-0.05, 0) is 44.6 Å². The summed E-state index contributed by atoms with van der Waals surface area (Å²) in [4.78, 5) is 12.3. The summed E-state index contributed by atoms with van der Waals surface area (Å²) >= 11 is 0. The maximum atomic E-state index is 12.0. The van der Waals surface area contributed by atoms with Gasteiger partial charge >= 0.3 is 5.97 Å². The lowest BCUT2D eigenvalue weighted by atomic mass is 10.2. The monoisotopic (exact) mass is 306 g/mol. The molecule has 0 radical (unpaired) electrons. The first-order valence-corrected chi connectivity index (χ1v) is 6.34. The molecule has 0 aromatic heterocycles. The fourth-order valence-electron chi connectivity index (χ4n) is 1.45. The molecule has 114 valence electrons. The highest BCUT2D eigenvalue weighted by molar-refractivity contribution is 5.89. The maximum absolute atomic E-state index is 12.0. The molecule has 1 aromatic carbocycles. The van der Waals surface area contributed by atoms with Crippen LogP contribution in [-0.2, 0) is 4.74 Å². The van der Waals surface area contributed by atoms with Crippen LogP contribution in [0, 0.1) is 0 Å². The Balaban J connectivity index is 0.00000625. The molecule has 1 aromatic rings. The van der Waals surface area contributed by atoms with Gasteiger partial charge in [-0.3, -0.25) is 0 Å². The Morgan fingerprint density at radius 1 is 1.35 bits per heavy atom. The largest absolute Gasteiger partial charge is 0.461 e. The van der Waals surface area contributed by atoms with E-state index in [0.29, 0.717) is 10.5 Å². The Morgan fingerprint density at radius 2 is 2.05 bits per heavy atom. The number of carbonyl (C=O) groups excluding carboxylic acids is 1. The molecule has 1 rings (SSSR count). The van der Waals surface area contributed by atoms with Crippen LogP contribution in [0.15, 0.2) is 24.3 Å². The van der Waals surface area contributed by atoms with Crippen molar-refractivity contribution >= 4 is 24.1 Å². The maximum Gasteiger partial charge on any atom is 0.338 e. The van der Waals surface area contributed by atoms with E-state index in [4.69, 9.17) is 13.0 Å². The first kappa shape index (κ1) is 10.5. The van der Waals surface area contributed by atoms with Gasteiger partial charge in [0.2, 0.25) is 0 Å². The van der Waals surface area contributed by atoms with Crippen molar-refractivity contribution in [2.45, 2.75) is 19.8 Å². The lowest BCUT2D eigenvalue weighted by Gasteiger charge is -2.10.